The topological polar surface area (TPSA) is 79.3 Å². The number of nitrogens with zero attached hydrogens (tertiary/aromatic N) is 2. The van der Waals surface area contributed by atoms with Crippen molar-refractivity contribution < 1.29 is 24.2 Å². The Balaban J connectivity index is 2.08. The highest BCUT2D eigenvalue weighted by molar-refractivity contribution is 6.46. The summed E-state index contributed by atoms with van der Waals surface area (Å²) in [6, 6.07) is 13.6. The van der Waals surface area contributed by atoms with Gasteiger partial charge in [-0.15, -0.1) is 0 Å². The van der Waals surface area contributed by atoms with Gasteiger partial charge in [0.25, 0.3) is 11.7 Å². The summed E-state index contributed by atoms with van der Waals surface area (Å²) in [7, 11) is 0. The first-order valence-electron chi connectivity index (χ1n) is 12.4. The van der Waals surface area contributed by atoms with Gasteiger partial charge in [-0.1, -0.05) is 50.2 Å². The van der Waals surface area contributed by atoms with E-state index in [1.165, 1.54) is 0 Å². The molecule has 2 aromatic rings. The first-order valence-corrected chi connectivity index (χ1v) is 12.4. The Morgan fingerprint density at radius 1 is 0.943 bits per heavy atom. The van der Waals surface area contributed by atoms with E-state index >= 15 is 0 Å². The zero-order valence-electron chi connectivity index (χ0n) is 21.1. The SMILES string of the molecule is CCOc1ccc(C2/C(=C(/O)c3ccccc3)C(=O)C(=O)N2CCCN(CC)CC)cc1OCC. The van der Waals surface area contributed by atoms with Gasteiger partial charge in [-0.25, -0.2) is 0 Å². The fourth-order valence-corrected chi connectivity index (χ4v) is 4.45. The molecule has 3 rings (SSSR count). The van der Waals surface area contributed by atoms with Gasteiger partial charge in [0.2, 0.25) is 0 Å². The van der Waals surface area contributed by atoms with Gasteiger partial charge in [-0.3, -0.25) is 9.59 Å². The molecular weight excluding hydrogens is 444 g/mol. The van der Waals surface area contributed by atoms with Crippen molar-refractivity contribution in [3.63, 3.8) is 0 Å². The Bertz CT molecular complexity index is 1050. The maximum Gasteiger partial charge on any atom is 0.295 e. The Kier molecular flexibility index (Phi) is 9.32. The highest BCUT2D eigenvalue weighted by Gasteiger charge is 2.46. The summed E-state index contributed by atoms with van der Waals surface area (Å²) in [6.45, 7) is 12.0. The lowest BCUT2D eigenvalue weighted by Gasteiger charge is -2.27. The van der Waals surface area contributed by atoms with E-state index in [-0.39, 0.29) is 11.3 Å². The number of likely N-dealkylation sites (tertiary alicyclic amines) is 1. The minimum absolute atomic E-state index is 0.0932. The average molecular weight is 481 g/mol. The smallest absolute Gasteiger partial charge is 0.295 e. The number of carbonyl (C=O) groups excluding carboxylic acids is 2. The molecule has 188 valence electrons. The van der Waals surface area contributed by atoms with Gasteiger partial charge in [0.05, 0.1) is 24.8 Å². The molecule has 1 fully saturated rings. The molecule has 1 aliphatic heterocycles. The molecule has 0 spiro atoms. The van der Waals surface area contributed by atoms with E-state index in [0.717, 1.165) is 19.6 Å². The van der Waals surface area contributed by atoms with Crippen LogP contribution in [0, 0.1) is 0 Å². The lowest BCUT2D eigenvalue weighted by atomic mass is 9.95. The molecule has 1 N–H and O–H groups in total. The second-order valence-corrected chi connectivity index (χ2v) is 8.31. The third-order valence-electron chi connectivity index (χ3n) is 6.24. The van der Waals surface area contributed by atoms with E-state index in [0.29, 0.717) is 48.8 Å². The van der Waals surface area contributed by atoms with E-state index in [1.807, 2.05) is 26.0 Å². The lowest BCUT2D eigenvalue weighted by Crippen LogP contribution is -2.33. The third kappa shape index (κ3) is 5.85. The first-order chi connectivity index (χ1) is 17.0. The Labute approximate surface area is 207 Å². The van der Waals surface area contributed by atoms with Crippen LogP contribution in [-0.4, -0.2) is 66.0 Å². The lowest BCUT2D eigenvalue weighted by molar-refractivity contribution is -0.140. The van der Waals surface area contributed by atoms with Gasteiger partial charge < -0.3 is 24.4 Å². The Hall–Kier alpha value is -3.32. The normalized spacial score (nSPS) is 17.3. The number of amides is 1. The Morgan fingerprint density at radius 3 is 2.23 bits per heavy atom. The second-order valence-electron chi connectivity index (χ2n) is 8.31. The van der Waals surface area contributed by atoms with Crippen LogP contribution in [0.15, 0.2) is 54.1 Å². The zero-order chi connectivity index (χ0) is 25.4. The van der Waals surface area contributed by atoms with E-state index < -0.39 is 17.7 Å². The molecule has 7 heteroatoms. The van der Waals surface area contributed by atoms with Gasteiger partial charge >= 0.3 is 0 Å². The van der Waals surface area contributed by atoms with Gasteiger partial charge in [-0.05, 0) is 57.6 Å². The van der Waals surface area contributed by atoms with E-state index in [2.05, 4.69) is 18.7 Å². The molecule has 2 aromatic carbocycles. The second kappa shape index (κ2) is 12.4. The molecule has 1 amide bonds. The molecular formula is C28H36N2O5. The number of rotatable bonds is 12. The maximum atomic E-state index is 13.2. The number of hydrogen-bond acceptors (Lipinski definition) is 6. The number of benzene rings is 2. The molecule has 35 heavy (non-hydrogen) atoms. The van der Waals surface area contributed by atoms with Crippen LogP contribution >= 0.6 is 0 Å². The highest BCUT2D eigenvalue weighted by atomic mass is 16.5. The van der Waals surface area contributed by atoms with E-state index in [9.17, 15) is 14.7 Å². The van der Waals surface area contributed by atoms with Crippen molar-refractivity contribution in [2.75, 3.05) is 39.4 Å². The van der Waals surface area contributed by atoms with Crippen molar-refractivity contribution in [3.05, 3.63) is 65.2 Å². The summed E-state index contributed by atoms with van der Waals surface area (Å²) in [6.07, 6.45) is 0.714. The molecule has 0 aliphatic carbocycles. The standard InChI is InChI=1S/C28H36N2O5/c1-5-29(6-2)17-12-18-30-25(21-15-16-22(34-7-3)23(19-21)35-8-4)24(27(32)28(30)33)26(31)20-13-10-9-11-14-20/h9-11,13-16,19,25,31H,5-8,12,17-18H2,1-4H3/b26-24-. The summed E-state index contributed by atoms with van der Waals surface area (Å²) >= 11 is 0. The molecule has 7 nitrogen and oxygen atoms in total. The third-order valence-corrected chi connectivity index (χ3v) is 6.24. The molecule has 1 aliphatic rings. The molecule has 0 bridgehead atoms. The van der Waals surface area contributed by atoms with E-state index in [1.54, 1.807) is 41.3 Å². The molecule has 1 unspecified atom stereocenters. The molecule has 1 saturated heterocycles. The van der Waals surface area contributed by atoms with Gasteiger partial charge in [0, 0.05) is 12.1 Å². The number of ether oxygens (including phenoxy) is 2. The van der Waals surface area contributed by atoms with Crippen molar-refractivity contribution in [1.29, 1.82) is 0 Å². The summed E-state index contributed by atoms with van der Waals surface area (Å²) in [4.78, 5) is 30.3. The quantitative estimate of drug-likeness (QED) is 0.271. The van der Waals surface area contributed by atoms with Crippen molar-refractivity contribution in [2.24, 2.45) is 0 Å². The van der Waals surface area contributed by atoms with E-state index in [4.69, 9.17) is 9.47 Å². The van der Waals surface area contributed by atoms with Crippen molar-refractivity contribution in [3.8, 4) is 11.5 Å². The van der Waals surface area contributed by atoms with Crippen LogP contribution in [0.5, 0.6) is 11.5 Å². The fraction of sp³-hybridized carbons (Fsp3) is 0.429. The molecule has 0 radical (unpaired) electrons. The minimum Gasteiger partial charge on any atom is -0.507 e. The van der Waals surface area contributed by atoms with Crippen LogP contribution in [-0.2, 0) is 9.59 Å². The number of Topliss-reactive ketones (excluding diaryl/α,β-unsaturated/α-hetero) is 1. The number of ketones is 1. The predicted octanol–water partition coefficient (Wildman–Crippen LogP) is 4.64. The highest BCUT2D eigenvalue weighted by Crippen LogP contribution is 2.42. The molecule has 0 aromatic heterocycles. The van der Waals surface area contributed by atoms with Crippen molar-refractivity contribution in [2.45, 2.75) is 40.2 Å². The summed E-state index contributed by atoms with van der Waals surface area (Å²) in [5.74, 6) is -0.308. The summed E-state index contributed by atoms with van der Waals surface area (Å²) in [5, 5.41) is 11.2. The van der Waals surface area contributed by atoms with Crippen LogP contribution in [0.25, 0.3) is 5.76 Å². The molecule has 0 saturated carbocycles. The maximum absolute atomic E-state index is 13.2. The monoisotopic (exact) mass is 480 g/mol. The van der Waals surface area contributed by atoms with Gasteiger partial charge in [0.1, 0.15) is 5.76 Å². The Morgan fingerprint density at radius 2 is 1.60 bits per heavy atom. The molecule has 1 atom stereocenters. The minimum atomic E-state index is -0.721. The van der Waals surface area contributed by atoms with Gasteiger partial charge in [0.15, 0.2) is 11.5 Å². The number of carbonyl (C=O) groups is 2. The number of aliphatic hydroxyl groups is 1. The van der Waals surface area contributed by atoms with Crippen LogP contribution in [0.1, 0.15) is 51.3 Å². The van der Waals surface area contributed by atoms with Crippen LogP contribution in [0.4, 0.5) is 0 Å². The number of aliphatic hydroxyl groups excluding tert-OH is 1. The van der Waals surface area contributed by atoms with Crippen LogP contribution < -0.4 is 9.47 Å². The molecule has 1 heterocycles. The van der Waals surface area contributed by atoms with Crippen LogP contribution in [0.3, 0.4) is 0 Å². The average Bonchev–Trinajstić information content (AvgIpc) is 3.13. The van der Waals surface area contributed by atoms with Crippen molar-refractivity contribution in [1.82, 2.24) is 9.80 Å². The van der Waals surface area contributed by atoms with Gasteiger partial charge in [-0.2, -0.15) is 0 Å². The predicted molar refractivity (Wildman–Crippen MR) is 137 cm³/mol. The number of hydrogen-bond donors (Lipinski definition) is 1. The van der Waals surface area contributed by atoms with Crippen molar-refractivity contribution >= 4 is 17.4 Å². The first kappa shape index (κ1) is 26.3. The van der Waals surface area contributed by atoms with Crippen LogP contribution in [0.2, 0.25) is 0 Å². The fourth-order valence-electron chi connectivity index (χ4n) is 4.45. The summed E-state index contributed by atoms with van der Waals surface area (Å²) in [5.41, 5.74) is 1.28. The largest absolute Gasteiger partial charge is 0.507 e. The zero-order valence-corrected chi connectivity index (χ0v) is 21.1. The summed E-state index contributed by atoms with van der Waals surface area (Å²) < 4.78 is 11.5.